The summed E-state index contributed by atoms with van der Waals surface area (Å²) >= 11 is 0. The topological polar surface area (TPSA) is 55.4 Å². The number of rotatable bonds is 2. The van der Waals surface area contributed by atoms with Gasteiger partial charge in [-0.25, -0.2) is 0 Å². The van der Waals surface area contributed by atoms with Crippen molar-refractivity contribution in [1.29, 1.82) is 0 Å². The number of hydrogen-bond donors (Lipinski definition) is 1. The summed E-state index contributed by atoms with van der Waals surface area (Å²) in [6.07, 6.45) is 10.2. The molecule has 4 aliphatic carbocycles. The zero-order valence-electron chi connectivity index (χ0n) is 15.3. The van der Waals surface area contributed by atoms with Gasteiger partial charge in [-0.2, -0.15) is 0 Å². The van der Waals surface area contributed by atoms with Crippen molar-refractivity contribution in [3.63, 3.8) is 0 Å². The Morgan fingerprint density at radius 1 is 1.08 bits per heavy atom. The highest BCUT2D eigenvalue weighted by molar-refractivity contribution is 5.87. The maximum atomic E-state index is 12.5. The van der Waals surface area contributed by atoms with E-state index in [1.807, 2.05) is 0 Å². The van der Waals surface area contributed by atoms with Crippen LogP contribution in [0.4, 0.5) is 0 Å². The van der Waals surface area contributed by atoms with Crippen LogP contribution in [0.5, 0.6) is 0 Å². The Kier molecular flexibility index (Phi) is 3.33. The first-order valence-corrected chi connectivity index (χ1v) is 10.1. The van der Waals surface area contributed by atoms with E-state index < -0.39 is 0 Å². The average Bonchev–Trinajstić information content (AvgIpc) is 3.33. The molecule has 0 spiro atoms. The quantitative estimate of drug-likeness (QED) is 0.836. The molecule has 5 rings (SSSR count). The van der Waals surface area contributed by atoms with Crippen molar-refractivity contribution in [2.75, 3.05) is 0 Å². The second-order valence-electron chi connectivity index (χ2n) is 9.58. The Bertz CT molecular complexity index is 666. The van der Waals surface area contributed by atoms with Gasteiger partial charge in [0.1, 0.15) is 11.9 Å². The zero-order valence-corrected chi connectivity index (χ0v) is 15.3. The molecular formula is C21H29NO3. The summed E-state index contributed by atoms with van der Waals surface area (Å²) in [7, 11) is 0. The van der Waals surface area contributed by atoms with Gasteiger partial charge in [0.25, 0.3) is 5.91 Å². The smallest absolute Gasteiger partial charge is 0.253 e. The first-order chi connectivity index (χ1) is 11.9. The first kappa shape index (κ1) is 16.0. The lowest BCUT2D eigenvalue weighted by molar-refractivity contribution is -0.144. The predicted molar refractivity (Wildman–Crippen MR) is 93.5 cm³/mol. The van der Waals surface area contributed by atoms with Gasteiger partial charge in [-0.05, 0) is 62.7 Å². The minimum Gasteiger partial charge on any atom is -0.365 e. The van der Waals surface area contributed by atoms with Crippen molar-refractivity contribution in [2.24, 2.45) is 28.6 Å². The first-order valence-electron chi connectivity index (χ1n) is 10.1. The number of Topliss-reactive ketones (excluding diaryl/α,β-unsaturated/α-hetero) is 1. The van der Waals surface area contributed by atoms with Crippen LogP contribution in [0.3, 0.4) is 0 Å². The van der Waals surface area contributed by atoms with E-state index in [2.05, 4.69) is 25.2 Å². The van der Waals surface area contributed by atoms with E-state index in [1.54, 1.807) is 0 Å². The molecule has 1 unspecified atom stereocenters. The molecular weight excluding hydrogens is 314 g/mol. The van der Waals surface area contributed by atoms with Gasteiger partial charge in [0.2, 0.25) is 0 Å². The number of carbonyl (C=O) groups is 2. The number of piperidine rings is 1. The summed E-state index contributed by atoms with van der Waals surface area (Å²) < 4.78 is 6.04. The second-order valence-corrected chi connectivity index (χ2v) is 9.58. The molecule has 4 heteroatoms. The fourth-order valence-corrected chi connectivity index (χ4v) is 6.56. The van der Waals surface area contributed by atoms with Crippen molar-refractivity contribution < 1.29 is 14.3 Å². The highest BCUT2D eigenvalue weighted by Gasteiger charge is 2.60. The van der Waals surface area contributed by atoms with Crippen LogP contribution < -0.4 is 5.32 Å². The summed E-state index contributed by atoms with van der Waals surface area (Å²) in [5.41, 5.74) is 1.02. The number of carbonyl (C=O) groups excluding carboxylic acids is 2. The normalized spacial score (nSPS) is 49.0. The van der Waals surface area contributed by atoms with Gasteiger partial charge in [0.15, 0.2) is 0 Å². The minimum atomic E-state index is -0.299. The van der Waals surface area contributed by atoms with Gasteiger partial charge in [0, 0.05) is 22.9 Å². The average molecular weight is 343 g/mol. The van der Waals surface area contributed by atoms with Gasteiger partial charge in [-0.3, -0.25) is 9.59 Å². The molecule has 25 heavy (non-hydrogen) atoms. The Labute approximate surface area is 149 Å². The predicted octanol–water partition coefficient (Wildman–Crippen LogP) is 3.36. The van der Waals surface area contributed by atoms with Gasteiger partial charge >= 0.3 is 0 Å². The van der Waals surface area contributed by atoms with Crippen LogP contribution in [-0.4, -0.2) is 23.9 Å². The molecule has 0 aromatic heterocycles. The number of nitrogens with one attached hydrogen (secondary N) is 1. The highest BCUT2D eigenvalue weighted by Crippen LogP contribution is 2.62. The lowest BCUT2D eigenvalue weighted by Gasteiger charge is -2.56. The molecule has 1 amide bonds. The largest absolute Gasteiger partial charge is 0.365 e. The van der Waals surface area contributed by atoms with Gasteiger partial charge in [-0.1, -0.05) is 19.9 Å². The summed E-state index contributed by atoms with van der Waals surface area (Å²) in [4.78, 5) is 25.0. The van der Waals surface area contributed by atoms with Gasteiger partial charge in [0.05, 0.1) is 6.10 Å². The molecule has 0 bridgehead atoms. The summed E-state index contributed by atoms with van der Waals surface area (Å²) in [5.74, 6) is 2.19. The Morgan fingerprint density at radius 2 is 1.84 bits per heavy atom. The molecule has 6 atom stereocenters. The number of allylic oxidation sites excluding steroid dienone is 2. The molecule has 4 nitrogen and oxygen atoms in total. The van der Waals surface area contributed by atoms with Crippen LogP contribution in [0, 0.1) is 28.6 Å². The van der Waals surface area contributed by atoms with Gasteiger partial charge < -0.3 is 10.1 Å². The molecule has 5 aliphatic rings. The SMILES string of the molecule is C[C@]12CC(OC3CC3)C(=O)NC1=CC[C@@H]1[C@@H]2CC[C@]2(C)C(=O)CC[C@@H]12. The molecule has 0 aromatic carbocycles. The van der Waals surface area contributed by atoms with E-state index in [0.717, 1.165) is 57.1 Å². The number of fused-ring (bicyclic) bond motifs is 5. The zero-order chi connectivity index (χ0) is 17.4. The van der Waals surface area contributed by atoms with Crippen molar-refractivity contribution in [3.05, 3.63) is 11.8 Å². The van der Waals surface area contributed by atoms with E-state index in [-0.39, 0.29) is 22.8 Å². The molecule has 1 saturated heterocycles. The number of ether oxygens (including phenoxy) is 1. The Balaban J connectivity index is 1.46. The molecule has 1 aliphatic heterocycles. The number of amides is 1. The number of ketones is 1. The monoisotopic (exact) mass is 343 g/mol. The van der Waals surface area contributed by atoms with Crippen molar-refractivity contribution >= 4 is 11.7 Å². The minimum absolute atomic E-state index is 0.0106. The third-order valence-corrected chi connectivity index (χ3v) is 8.21. The van der Waals surface area contributed by atoms with E-state index in [1.165, 1.54) is 0 Å². The van der Waals surface area contributed by atoms with E-state index >= 15 is 0 Å². The van der Waals surface area contributed by atoms with Crippen molar-refractivity contribution in [2.45, 2.75) is 77.4 Å². The summed E-state index contributed by atoms with van der Waals surface area (Å²) in [6.45, 7) is 4.55. The summed E-state index contributed by atoms with van der Waals surface area (Å²) in [5, 5.41) is 3.18. The maximum absolute atomic E-state index is 12.5. The Morgan fingerprint density at radius 3 is 2.60 bits per heavy atom. The number of hydrogen-bond acceptors (Lipinski definition) is 3. The standard InChI is InChI=1S/C21H29NO3/c1-20-10-9-15-13(14(20)6-8-18(20)23)5-7-17-21(15,2)11-16(19(24)22-17)25-12-3-4-12/h7,12-16H,3-6,8-11H2,1-2H3,(H,22,24)/t13-,14-,15-,16?,20-,21+/m0/s1. The second kappa shape index (κ2) is 5.18. The molecule has 1 heterocycles. The van der Waals surface area contributed by atoms with Crippen LogP contribution in [0.2, 0.25) is 0 Å². The molecule has 136 valence electrons. The highest BCUT2D eigenvalue weighted by atomic mass is 16.5. The van der Waals surface area contributed by atoms with Crippen LogP contribution in [0.25, 0.3) is 0 Å². The lowest BCUT2D eigenvalue weighted by atomic mass is 9.50. The third kappa shape index (κ3) is 2.22. The Hall–Kier alpha value is -1.16. The van der Waals surface area contributed by atoms with Crippen LogP contribution in [-0.2, 0) is 14.3 Å². The fourth-order valence-electron chi connectivity index (χ4n) is 6.56. The molecule has 0 radical (unpaired) electrons. The molecule has 3 saturated carbocycles. The van der Waals surface area contributed by atoms with Crippen LogP contribution in [0.15, 0.2) is 11.8 Å². The van der Waals surface area contributed by atoms with Crippen LogP contribution >= 0.6 is 0 Å². The van der Waals surface area contributed by atoms with Gasteiger partial charge in [-0.15, -0.1) is 0 Å². The fraction of sp³-hybridized carbons (Fsp3) is 0.810. The molecule has 4 fully saturated rings. The van der Waals surface area contributed by atoms with Crippen molar-refractivity contribution in [1.82, 2.24) is 5.32 Å². The third-order valence-electron chi connectivity index (χ3n) is 8.21. The van der Waals surface area contributed by atoms with Crippen molar-refractivity contribution in [3.8, 4) is 0 Å². The summed E-state index contributed by atoms with van der Waals surface area (Å²) in [6, 6.07) is 0. The van der Waals surface area contributed by atoms with E-state index in [4.69, 9.17) is 4.74 Å². The maximum Gasteiger partial charge on any atom is 0.253 e. The van der Waals surface area contributed by atoms with E-state index in [9.17, 15) is 9.59 Å². The lowest BCUT2D eigenvalue weighted by Crippen LogP contribution is -2.57. The van der Waals surface area contributed by atoms with E-state index in [0.29, 0.717) is 29.6 Å². The van der Waals surface area contributed by atoms with Crippen LogP contribution in [0.1, 0.15) is 65.2 Å². The molecule has 0 aromatic rings. The molecule has 1 N–H and O–H groups in total.